The fourth-order valence-electron chi connectivity index (χ4n) is 3.84. The lowest BCUT2D eigenvalue weighted by atomic mass is 10.1. The van der Waals surface area contributed by atoms with Crippen LogP contribution in [0.4, 0.5) is 0 Å². The lowest BCUT2D eigenvalue weighted by Crippen LogP contribution is -2.37. The smallest absolute Gasteiger partial charge is 0.224 e. The van der Waals surface area contributed by atoms with E-state index in [1.54, 1.807) is 25.3 Å². The normalized spacial score (nSPS) is 18.8. The Bertz CT molecular complexity index is 956. The van der Waals surface area contributed by atoms with E-state index in [2.05, 4.69) is 0 Å². The predicted molar refractivity (Wildman–Crippen MR) is 128 cm³/mol. The molecule has 0 aliphatic carbocycles. The van der Waals surface area contributed by atoms with E-state index >= 15 is 0 Å². The summed E-state index contributed by atoms with van der Waals surface area (Å²) in [6.07, 6.45) is 4.19. The first-order valence-corrected chi connectivity index (χ1v) is 11.1. The van der Waals surface area contributed by atoms with Crippen LogP contribution in [0.25, 0.3) is 6.08 Å². The van der Waals surface area contributed by atoms with Crippen molar-refractivity contribution in [3.8, 4) is 5.75 Å². The van der Waals surface area contributed by atoms with E-state index in [0.29, 0.717) is 31.8 Å². The number of nitrogens with zero attached hydrogens (tertiary/aromatic N) is 2. The molecule has 2 aromatic carbocycles. The summed E-state index contributed by atoms with van der Waals surface area (Å²) in [7, 11) is 1.67. The van der Waals surface area contributed by atoms with Gasteiger partial charge in [-0.2, -0.15) is 0 Å². The first-order chi connectivity index (χ1) is 15.5. The lowest BCUT2D eigenvalue weighted by Gasteiger charge is -2.24. The summed E-state index contributed by atoms with van der Waals surface area (Å²) in [6, 6.07) is 17.1. The number of aliphatic imine (C=N–C) groups is 1. The fraction of sp³-hybridized carbons (Fsp3) is 0.385. The topological polar surface area (TPSA) is 88.2 Å². The van der Waals surface area contributed by atoms with Crippen molar-refractivity contribution in [1.82, 2.24) is 4.90 Å². The Kier molecular flexibility index (Phi) is 8.45. The molecule has 6 nitrogen and oxygen atoms in total. The van der Waals surface area contributed by atoms with Crippen molar-refractivity contribution >= 4 is 17.8 Å². The first-order valence-electron chi connectivity index (χ1n) is 11.1. The van der Waals surface area contributed by atoms with Gasteiger partial charge in [-0.3, -0.25) is 4.79 Å². The molecular weight excluding hydrogens is 402 g/mol. The van der Waals surface area contributed by atoms with E-state index in [0.717, 1.165) is 29.5 Å². The number of aryl methyl sites for hydroxylation is 1. The van der Waals surface area contributed by atoms with Crippen molar-refractivity contribution in [2.45, 2.75) is 38.8 Å². The number of nitrogens with two attached hydrogens (primary N) is 1. The molecule has 3 N–H and O–H groups in total. The summed E-state index contributed by atoms with van der Waals surface area (Å²) in [5, 5.41) is 9.82. The van der Waals surface area contributed by atoms with Gasteiger partial charge < -0.3 is 20.5 Å². The number of amidine groups is 1. The summed E-state index contributed by atoms with van der Waals surface area (Å²) in [5.41, 5.74) is 9.37. The number of carbonyl (C=O) groups excluding carboxylic acids is 1. The molecule has 1 aliphatic rings. The molecule has 1 heterocycles. The van der Waals surface area contributed by atoms with Gasteiger partial charge in [0, 0.05) is 32.6 Å². The molecule has 6 heteroatoms. The summed E-state index contributed by atoms with van der Waals surface area (Å²) < 4.78 is 5.17. The van der Waals surface area contributed by atoms with Crippen molar-refractivity contribution in [2.75, 3.05) is 20.3 Å². The van der Waals surface area contributed by atoms with Crippen LogP contribution in [0.15, 0.2) is 65.2 Å². The lowest BCUT2D eigenvalue weighted by molar-refractivity contribution is -0.131. The van der Waals surface area contributed by atoms with Gasteiger partial charge in [0.05, 0.1) is 5.84 Å². The highest BCUT2D eigenvalue weighted by atomic mass is 16.5. The third kappa shape index (κ3) is 6.44. The van der Waals surface area contributed by atoms with Crippen LogP contribution in [0.3, 0.4) is 0 Å². The molecule has 1 fully saturated rings. The molecule has 0 bridgehead atoms. The third-order valence-electron chi connectivity index (χ3n) is 5.81. The second-order valence-electron chi connectivity index (χ2n) is 8.25. The number of amides is 1. The van der Waals surface area contributed by atoms with Gasteiger partial charge >= 0.3 is 0 Å². The fourth-order valence-corrected chi connectivity index (χ4v) is 3.84. The number of phenolic OH excluding ortho intramolecular Hbond substituents is 1. The maximum Gasteiger partial charge on any atom is 0.224 e. The van der Waals surface area contributed by atoms with Gasteiger partial charge in [-0.05, 0) is 48.1 Å². The summed E-state index contributed by atoms with van der Waals surface area (Å²) in [5.74, 6) is 0.857. The maximum atomic E-state index is 13.1. The minimum absolute atomic E-state index is 0.0545. The number of likely N-dealkylation sites (tertiary alicyclic amines) is 1. The quantitative estimate of drug-likeness (QED) is 0.460. The number of hydrogen-bond acceptors (Lipinski definition) is 4. The number of aromatic hydroxyl groups is 1. The number of hydrogen-bond donors (Lipinski definition) is 2. The average Bonchev–Trinajstić information content (AvgIpc) is 3.18. The van der Waals surface area contributed by atoms with Crippen molar-refractivity contribution in [2.24, 2.45) is 16.6 Å². The van der Waals surface area contributed by atoms with E-state index in [-0.39, 0.29) is 17.6 Å². The van der Waals surface area contributed by atoms with Crippen molar-refractivity contribution in [3.63, 3.8) is 0 Å². The van der Waals surface area contributed by atoms with Crippen LogP contribution in [-0.2, 0) is 16.0 Å². The van der Waals surface area contributed by atoms with Gasteiger partial charge in [0.2, 0.25) is 5.91 Å². The molecule has 0 spiro atoms. The minimum atomic E-state index is -0.425. The van der Waals surface area contributed by atoms with Gasteiger partial charge in [0.1, 0.15) is 11.9 Å². The standard InChI is InChI=1S/C26H33N3O3/c1-19(14-16-32-2)25(27)28-26-22(17-21-9-6-10-23(30)18-21)13-15-29(26)24(31)12-11-20-7-4-3-5-8-20/h3-10,17-19,26,30H,11-16H2,1-2H3,(H2,27,28). The van der Waals surface area contributed by atoms with Crippen LogP contribution in [0.1, 0.15) is 37.3 Å². The van der Waals surface area contributed by atoms with Crippen molar-refractivity contribution in [3.05, 3.63) is 71.3 Å². The highest BCUT2D eigenvalue weighted by Gasteiger charge is 2.32. The predicted octanol–water partition coefficient (Wildman–Crippen LogP) is 4.00. The summed E-state index contributed by atoms with van der Waals surface area (Å²) in [4.78, 5) is 19.8. The van der Waals surface area contributed by atoms with Gasteiger partial charge in [-0.1, -0.05) is 55.5 Å². The highest BCUT2D eigenvalue weighted by Crippen LogP contribution is 2.29. The molecule has 1 aliphatic heterocycles. The number of phenols is 1. The molecule has 1 amide bonds. The number of ether oxygens (including phenoxy) is 1. The number of rotatable bonds is 9. The van der Waals surface area contributed by atoms with Crippen molar-refractivity contribution in [1.29, 1.82) is 0 Å². The second-order valence-corrected chi connectivity index (χ2v) is 8.25. The van der Waals surface area contributed by atoms with E-state index in [4.69, 9.17) is 15.5 Å². The summed E-state index contributed by atoms with van der Waals surface area (Å²) in [6.45, 7) is 3.23. The third-order valence-corrected chi connectivity index (χ3v) is 5.81. The number of methoxy groups -OCH3 is 1. The number of benzene rings is 2. The number of carbonyl (C=O) groups is 1. The van der Waals surface area contributed by atoms with Gasteiger partial charge in [-0.25, -0.2) is 4.99 Å². The first kappa shape index (κ1) is 23.5. The van der Waals surface area contributed by atoms with E-state index in [9.17, 15) is 9.90 Å². The largest absolute Gasteiger partial charge is 0.508 e. The van der Waals surface area contributed by atoms with Gasteiger partial charge in [0.25, 0.3) is 0 Å². The molecule has 0 aromatic heterocycles. The zero-order chi connectivity index (χ0) is 22.9. The van der Waals surface area contributed by atoms with Crippen molar-refractivity contribution < 1.29 is 14.6 Å². The van der Waals surface area contributed by atoms with Crippen LogP contribution in [0.5, 0.6) is 5.75 Å². The molecule has 170 valence electrons. The Morgan fingerprint density at radius 1 is 1.28 bits per heavy atom. The molecule has 1 saturated heterocycles. The van der Waals surface area contributed by atoms with E-state index in [1.165, 1.54) is 0 Å². The Morgan fingerprint density at radius 3 is 2.78 bits per heavy atom. The molecule has 0 radical (unpaired) electrons. The zero-order valence-electron chi connectivity index (χ0n) is 18.9. The summed E-state index contributed by atoms with van der Waals surface area (Å²) >= 11 is 0. The molecule has 2 atom stereocenters. The Balaban J connectivity index is 1.82. The molecule has 3 rings (SSSR count). The van der Waals surface area contributed by atoms with Crippen LogP contribution in [0.2, 0.25) is 0 Å². The Hall–Kier alpha value is -3.12. The van der Waals surface area contributed by atoms with Gasteiger partial charge in [-0.15, -0.1) is 0 Å². The monoisotopic (exact) mass is 435 g/mol. The maximum absolute atomic E-state index is 13.1. The average molecular weight is 436 g/mol. The van der Waals surface area contributed by atoms with Crippen LogP contribution >= 0.6 is 0 Å². The molecule has 2 unspecified atom stereocenters. The van der Waals surface area contributed by atoms with Gasteiger partial charge in [0.15, 0.2) is 0 Å². The van der Waals surface area contributed by atoms with Crippen LogP contribution in [0, 0.1) is 5.92 Å². The Morgan fingerprint density at radius 2 is 2.06 bits per heavy atom. The van der Waals surface area contributed by atoms with Crippen LogP contribution in [-0.4, -0.2) is 48.2 Å². The SMILES string of the molecule is COCCC(C)C(N)=NC1C(=Cc2cccc(O)c2)CCN1C(=O)CCc1ccccc1. The second kappa shape index (κ2) is 11.5. The minimum Gasteiger partial charge on any atom is -0.508 e. The highest BCUT2D eigenvalue weighted by molar-refractivity contribution is 5.84. The zero-order valence-corrected chi connectivity index (χ0v) is 18.9. The van der Waals surface area contributed by atoms with E-state index < -0.39 is 6.17 Å². The molecule has 32 heavy (non-hydrogen) atoms. The molecule has 2 aromatic rings. The van der Waals surface area contributed by atoms with E-state index in [1.807, 2.05) is 54.3 Å². The molecule has 0 saturated carbocycles. The Labute approximate surface area is 190 Å². The molecular formula is C26H33N3O3. The van der Waals surface area contributed by atoms with Crippen LogP contribution < -0.4 is 5.73 Å².